The van der Waals surface area contributed by atoms with Crippen LogP contribution in [0.3, 0.4) is 0 Å². The maximum atomic E-state index is 11.7. The summed E-state index contributed by atoms with van der Waals surface area (Å²) >= 11 is 2.22. The van der Waals surface area contributed by atoms with Crippen molar-refractivity contribution >= 4 is 34.3 Å². The Balaban J connectivity index is 2.76. The van der Waals surface area contributed by atoms with Crippen LogP contribution >= 0.6 is 22.6 Å². The van der Waals surface area contributed by atoms with Crippen LogP contribution in [0, 0.1) is 10.5 Å². The summed E-state index contributed by atoms with van der Waals surface area (Å²) in [7, 11) is 1.74. The third-order valence-electron chi connectivity index (χ3n) is 2.19. The van der Waals surface area contributed by atoms with Crippen molar-refractivity contribution in [2.24, 2.45) is 0 Å². The Bertz CT molecular complexity index is 404. The number of rotatable bonds is 3. The maximum Gasteiger partial charge on any atom is 0.321 e. The van der Waals surface area contributed by atoms with Gasteiger partial charge >= 0.3 is 6.03 Å². The minimum absolute atomic E-state index is 0.120. The number of hydrogen-bond acceptors (Lipinski definition) is 1. The van der Waals surface area contributed by atoms with Crippen molar-refractivity contribution in [3.05, 3.63) is 40.0 Å². The summed E-state index contributed by atoms with van der Waals surface area (Å²) in [5, 5.41) is 2.87. The topological polar surface area (TPSA) is 32.3 Å². The maximum absolute atomic E-state index is 11.7. The highest BCUT2D eigenvalue weighted by atomic mass is 127. The summed E-state index contributed by atoms with van der Waals surface area (Å²) in [6.45, 7) is 6.11. The predicted molar refractivity (Wildman–Crippen MR) is 75.7 cm³/mol. The molecule has 0 atom stereocenters. The second kappa shape index (κ2) is 5.89. The number of benzene rings is 1. The van der Waals surface area contributed by atoms with Gasteiger partial charge in [0.25, 0.3) is 0 Å². The van der Waals surface area contributed by atoms with E-state index in [1.54, 1.807) is 18.0 Å². The molecule has 0 bridgehead atoms. The van der Waals surface area contributed by atoms with Crippen molar-refractivity contribution in [3.8, 4) is 0 Å². The molecule has 1 rings (SSSR count). The lowest BCUT2D eigenvalue weighted by molar-refractivity contribution is 0.226. The monoisotopic (exact) mass is 330 g/mol. The molecular weight excluding hydrogens is 315 g/mol. The molecule has 16 heavy (non-hydrogen) atoms. The van der Waals surface area contributed by atoms with Crippen LogP contribution in [0.2, 0.25) is 0 Å². The highest BCUT2D eigenvalue weighted by molar-refractivity contribution is 14.1. The number of aryl methyl sites for hydroxylation is 1. The number of anilines is 1. The van der Waals surface area contributed by atoms with Gasteiger partial charge in [0.2, 0.25) is 0 Å². The molecule has 0 aliphatic carbocycles. The lowest BCUT2D eigenvalue weighted by Crippen LogP contribution is -2.31. The van der Waals surface area contributed by atoms with E-state index in [9.17, 15) is 4.79 Å². The van der Waals surface area contributed by atoms with Gasteiger partial charge in [0.15, 0.2) is 0 Å². The van der Waals surface area contributed by atoms with E-state index in [0.717, 1.165) is 14.8 Å². The van der Waals surface area contributed by atoms with Crippen LogP contribution in [0.4, 0.5) is 10.5 Å². The third-order valence-corrected chi connectivity index (χ3v) is 2.86. The van der Waals surface area contributed by atoms with E-state index in [1.165, 1.54) is 0 Å². The van der Waals surface area contributed by atoms with Crippen LogP contribution in [0.5, 0.6) is 0 Å². The Kier molecular flexibility index (Phi) is 4.79. The SMILES string of the molecule is C=CCN(C)C(=O)Nc1cc(I)ccc1C. The van der Waals surface area contributed by atoms with Crippen LogP contribution in [-0.4, -0.2) is 24.5 Å². The van der Waals surface area contributed by atoms with Gasteiger partial charge in [0.1, 0.15) is 0 Å². The molecule has 0 saturated carbocycles. The highest BCUT2D eigenvalue weighted by Crippen LogP contribution is 2.18. The quantitative estimate of drug-likeness (QED) is 0.670. The van der Waals surface area contributed by atoms with E-state index in [-0.39, 0.29) is 6.03 Å². The molecule has 0 spiro atoms. The lowest BCUT2D eigenvalue weighted by atomic mass is 10.2. The van der Waals surface area contributed by atoms with E-state index >= 15 is 0 Å². The zero-order valence-electron chi connectivity index (χ0n) is 9.46. The Morgan fingerprint density at radius 1 is 1.62 bits per heavy atom. The van der Waals surface area contributed by atoms with Gasteiger partial charge in [-0.2, -0.15) is 0 Å². The normalized spacial score (nSPS) is 9.69. The summed E-state index contributed by atoms with van der Waals surface area (Å²) < 4.78 is 1.10. The fraction of sp³-hybridized carbons (Fsp3) is 0.250. The zero-order chi connectivity index (χ0) is 12.1. The molecule has 0 aromatic heterocycles. The van der Waals surface area contributed by atoms with E-state index in [0.29, 0.717) is 6.54 Å². The largest absolute Gasteiger partial charge is 0.324 e. The van der Waals surface area contributed by atoms with Crippen molar-refractivity contribution in [1.29, 1.82) is 0 Å². The first kappa shape index (κ1) is 13.0. The Labute approximate surface area is 110 Å². The van der Waals surface area contributed by atoms with E-state index < -0.39 is 0 Å². The molecule has 2 amide bonds. The fourth-order valence-electron chi connectivity index (χ4n) is 1.22. The average Bonchev–Trinajstić information content (AvgIpc) is 2.23. The van der Waals surface area contributed by atoms with Crippen molar-refractivity contribution in [2.45, 2.75) is 6.92 Å². The number of likely N-dealkylation sites (N-methyl/N-ethyl adjacent to an activating group) is 1. The third kappa shape index (κ3) is 3.52. The molecular formula is C12H15IN2O. The van der Waals surface area contributed by atoms with Crippen LogP contribution in [-0.2, 0) is 0 Å². The molecule has 0 heterocycles. The number of carbonyl (C=O) groups excluding carboxylic acids is 1. The molecule has 0 saturated heterocycles. The summed E-state index contributed by atoms with van der Waals surface area (Å²) in [4.78, 5) is 13.3. The zero-order valence-corrected chi connectivity index (χ0v) is 11.6. The molecule has 1 N–H and O–H groups in total. The number of carbonyl (C=O) groups is 1. The van der Waals surface area contributed by atoms with Crippen molar-refractivity contribution in [1.82, 2.24) is 4.90 Å². The van der Waals surface area contributed by atoms with Gasteiger partial charge in [0, 0.05) is 22.8 Å². The molecule has 0 unspecified atom stereocenters. The van der Waals surface area contributed by atoms with Crippen LogP contribution < -0.4 is 5.32 Å². The second-order valence-electron chi connectivity index (χ2n) is 3.56. The van der Waals surface area contributed by atoms with Gasteiger partial charge in [-0.05, 0) is 47.2 Å². The first-order valence-electron chi connectivity index (χ1n) is 4.93. The van der Waals surface area contributed by atoms with Gasteiger partial charge in [-0.3, -0.25) is 0 Å². The minimum Gasteiger partial charge on any atom is -0.324 e. The van der Waals surface area contributed by atoms with Crippen molar-refractivity contribution in [3.63, 3.8) is 0 Å². The number of urea groups is 1. The summed E-state index contributed by atoms with van der Waals surface area (Å²) in [6.07, 6.45) is 1.70. The lowest BCUT2D eigenvalue weighted by Gasteiger charge is -2.17. The van der Waals surface area contributed by atoms with E-state index in [2.05, 4.69) is 34.5 Å². The first-order chi connectivity index (χ1) is 7.54. The first-order valence-corrected chi connectivity index (χ1v) is 6.01. The number of hydrogen-bond donors (Lipinski definition) is 1. The summed E-state index contributed by atoms with van der Waals surface area (Å²) in [6, 6.07) is 5.84. The molecule has 0 radical (unpaired) electrons. The number of nitrogens with one attached hydrogen (secondary N) is 1. The highest BCUT2D eigenvalue weighted by Gasteiger charge is 2.08. The molecule has 4 heteroatoms. The second-order valence-corrected chi connectivity index (χ2v) is 4.80. The summed E-state index contributed by atoms with van der Waals surface area (Å²) in [5.41, 5.74) is 1.91. The van der Waals surface area contributed by atoms with Crippen LogP contribution in [0.25, 0.3) is 0 Å². The Morgan fingerprint density at radius 3 is 2.94 bits per heavy atom. The standard InChI is InChI=1S/C12H15IN2O/c1-4-7-15(3)12(16)14-11-8-10(13)6-5-9(11)2/h4-6,8H,1,7H2,2-3H3,(H,14,16). The van der Waals surface area contributed by atoms with Gasteiger partial charge < -0.3 is 10.2 Å². The van der Waals surface area contributed by atoms with Gasteiger partial charge in [-0.15, -0.1) is 6.58 Å². The molecule has 1 aromatic carbocycles. The Morgan fingerprint density at radius 2 is 2.31 bits per heavy atom. The number of halogens is 1. The molecule has 0 aliphatic heterocycles. The number of amides is 2. The van der Waals surface area contributed by atoms with Crippen molar-refractivity contribution < 1.29 is 4.79 Å². The molecule has 0 aliphatic rings. The minimum atomic E-state index is -0.120. The van der Waals surface area contributed by atoms with Crippen LogP contribution in [0.15, 0.2) is 30.9 Å². The molecule has 3 nitrogen and oxygen atoms in total. The van der Waals surface area contributed by atoms with E-state index in [4.69, 9.17) is 0 Å². The van der Waals surface area contributed by atoms with Gasteiger partial charge in [-0.25, -0.2) is 4.79 Å². The summed E-state index contributed by atoms with van der Waals surface area (Å²) in [5.74, 6) is 0. The van der Waals surface area contributed by atoms with Gasteiger partial charge in [0.05, 0.1) is 0 Å². The molecule has 0 fully saturated rings. The smallest absolute Gasteiger partial charge is 0.321 e. The number of nitrogens with zero attached hydrogens (tertiary/aromatic N) is 1. The Hall–Kier alpha value is -1.04. The van der Waals surface area contributed by atoms with Crippen molar-refractivity contribution in [2.75, 3.05) is 18.9 Å². The molecule has 86 valence electrons. The van der Waals surface area contributed by atoms with Gasteiger partial charge in [-0.1, -0.05) is 12.1 Å². The van der Waals surface area contributed by atoms with E-state index in [1.807, 2.05) is 25.1 Å². The molecule has 1 aromatic rings. The average molecular weight is 330 g/mol. The van der Waals surface area contributed by atoms with Crippen LogP contribution in [0.1, 0.15) is 5.56 Å². The fourth-order valence-corrected chi connectivity index (χ4v) is 1.71. The predicted octanol–water partition coefficient (Wildman–Crippen LogP) is 3.25.